The maximum absolute atomic E-state index is 12.5. The number of amides is 2. The van der Waals surface area contributed by atoms with Crippen LogP contribution < -0.4 is 10.6 Å². The van der Waals surface area contributed by atoms with Crippen LogP contribution in [0.4, 0.5) is 10.0 Å². The number of hydrogen-bond donors (Lipinski definition) is 2. The van der Waals surface area contributed by atoms with Crippen LogP contribution in [0.25, 0.3) is 0 Å². The van der Waals surface area contributed by atoms with Crippen molar-refractivity contribution in [1.82, 2.24) is 0 Å². The normalized spacial score (nSPS) is 18.1. The summed E-state index contributed by atoms with van der Waals surface area (Å²) in [5, 5.41) is 26.7. The average molecular weight is 551 g/mol. The van der Waals surface area contributed by atoms with Crippen molar-refractivity contribution in [2.75, 3.05) is 10.6 Å². The van der Waals surface area contributed by atoms with E-state index in [9.17, 15) is 20.1 Å². The fourth-order valence-electron chi connectivity index (χ4n) is 5.57. The fourth-order valence-corrected chi connectivity index (χ4v) is 8.33. The topological polar surface area (TPSA) is 106 Å². The van der Waals surface area contributed by atoms with Gasteiger partial charge in [-0.3, -0.25) is 9.59 Å². The number of rotatable bonds is 11. The summed E-state index contributed by atoms with van der Waals surface area (Å²) in [7, 11) is 0. The van der Waals surface area contributed by atoms with Gasteiger partial charge in [0.2, 0.25) is 11.8 Å². The van der Waals surface area contributed by atoms with Crippen LogP contribution in [-0.4, -0.2) is 11.8 Å². The molecule has 2 aliphatic rings. The molecular weight excluding hydrogens is 512 g/mol. The first-order valence-corrected chi connectivity index (χ1v) is 15.7. The summed E-state index contributed by atoms with van der Waals surface area (Å²) in [4.78, 5) is 27.5. The number of nitrogens with zero attached hydrogens (tertiary/aromatic N) is 2. The standard InChI is InChI=1S/C30H38N4O2S2/c1-19-11-13-21-23(17-31)29(37-25(21)15-19)33-27(35)9-7-5-3-4-6-8-10-28(36)34-30-24(18-32)22-14-12-20(2)16-26(22)38-30/h19-20H,3-16H2,1-2H3,(H,33,35)(H,34,36). The van der Waals surface area contributed by atoms with Crippen molar-refractivity contribution in [1.29, 1.82) is 10.5 Å². The average Bonchev–Trinajstić information content (AvgIpc) is 3.40. The van der Waals surface area contributed by atoms with Crippen LogP contribution in [0.2, 0.25) is 0 Å². The van der Waals surface area contributed by atoms with Gasteiger partial charge >= 0.3 is 0 Å². The molecule has 4 rings (SSSR count). The summed E-state index contributed by atoms with van der Waals surface area (Å²) in [6.45, 7) is 4.48. The van der Waals surface area contributed by atoms with E-state index in [1.165, 1.54) is 9.75 Å². The van der Waals surface area contributed by atoms with Crippen LogP contribution >= 0.6 is 22.7 Å². The van der Waals surface area contributed by atoms with Gasteiger partial charge in [-0.2, -0.15) is 10.5 Å². The molecule has 2 N–H and O–H groups in total. The van der Waals surface area contributed by atoms with Gasteiger partial charge in [0.1, 0.15) is 22.1 Å². The number of thiophene rings is 2. The van der Waals surface area contributed by atoms with Gasteiger partial charge in [0.05, 0.1) is 11.1 Å². The van der Waals surface area contributed by atoms with E-state index in [1.807, 2.05) is 0 Å². The van der Waals surface area contributed by atoms with E-state index in [0.717, 1.165) is 98.2 Å². The monoisotopic (exact) mass is 550 g/mol. The highest BCUT2D eigenvalue weighted by molar-refractivity contribution is 7.17. The molecule has 2 aromatic heterocycles. The van der Waals surface area contributed by atoms with E-state index in [1.54, 1.807) is 22.7 Å². The lowest BCUT2D eigenvalue weighted by molar-refractivity contribution is -0.117. The molecule has 2 atom stereocenters. The van der Waals surface area contributed by atoms with Crippen LogP contribution in [0, 0.1) is 34.5 Å². The molecule has 2 aromatic rings. The zero-order valence-corrected chi connectivity index (χ0v) is 24.2. The molecule has 2 aliphatic carbocycles. The van der Waals surface area contributed by atoms with Crippen molar-refractivity contribution in [3.63, 3.8) is 0 Å². The van der Waals surface area contributed by atoms with Gasteiger partial charge in [0, 0.05) is 22.6 Å². The minimum absolute atomic E-state index is 0.00808. The Morgan fingerprint density at radius 1 is 0.737 bits per heavy atom. The molecule has 0 saturated heterocycles. The minimum atomic E-state index is -0.00808. The second-order valence-corrected chi connectivity index (χ2v) is 13.3. The molecule has 0 bridgehead atoms. The molecule has 38 heavy (non-hydrogen) atoms. The summed E-state index contributed by atoms with van der Waals surface area (Å²) in [6.07, 6.45) is 12.7. The summed E-state index contributed by atoms with van der Waals surface area (Å²) in [6, 6.07) is 4.63. The van der Waals surface area contributed by atoms with Crippen LogP contribution in [0.1, 0.15) is 110 Å². The Morgan fingerprint density at radius 2 is 1.13 bits per heavy atom. The molecule has 8 heteroatoms. The third-order valence-electron chi connectivity index (χ3n) is 7.81. The van der Waals surface area contributed by atoms with E-state index in [-0.39, 0.29) is 11.8 Å². The maximum atomic E-state index is 12.5. The Balaban J connectivity index is 1.09. The van der Waals surface area contributed by atoms with Gasteiger partial charge in [0.25, 0.3) is 0 Å². The first-order valence-electron chi connectivity index (χ1n) is 14.1. The van der Waals surface area contributed by atoms with E-state index < -0.39 is 0 Å². The predicted octanol–water partition coefficient (Wildman–Crippen LogP) is 7.50. The zero-order chi connectivity index (χ0) is 27.1. The third kappa shape index (κ3) is 7.04. The molecule has 0 aromatic carbocycles. The number of unbranched alkanes of at least 4 members (excludes halogenated alkanes) is 5. The summed E-state index contributed by atoms with van der Waals surface area (Å²) < 4.78 is 0. The largest absolute Gasteiger partial charge is 0.317 e. The molecule has 0 fully saturated rings. The summed E-state index contributed by atoms with van der Waals surface area (Å²) in [5.41, 5.74) is 3.64. The first-order chi connectivity index (χ1) is 18.4. The van der Waals surface area contributed by atoms with Crippen LogP contribution in [0.5, 0.6) is 0 Å². The third-order valence-corrected chi connectivity index (χ3v) is 10.2. The number of hydrogen-bond acceptors (Lipinski definition) is 6. The first kappa shape index (κ1) is 28.3. The van der Waals surface area contributed by atoms with Gasteiger partial charge < -0.3 is 10.6 Å². The summed E-state index contributed by atoms with van der Waals surface area (Å²) in [5.74, 6) is 1.26. The minimum Gasteiger partial charge on any atom is -0.317 e. The fraction of sp³-hybridized carbons (Fsp3) is 0.600. The molecule has 2 unspecified atom stereocenters. The highest BCUT2D eigenvalue weighted by atomic mass is 32.1. The lowest BCUT2D eigenvalue weighted by Crippen LogP contribution is -2.11. The molecule has 0 aliphatic heterocycles. The van der Waals surface area contributed by atoms with E-state index in [0.29, 0.717) is 35.8 Å². The number of nitrogens with one attached hydrogen (secondary N) is 2. The van der Waals surface area contributed by atoms with Crippen molar-refractivity contribution >= 4 is 44.5 Å². The van der Waals surface area contributed by atoms with Gasteiger partial charge in [0.15, 0.2) is 0 Å². The van der Waals surface area contributed by atoms with E-state index in [4.69, 9.17) is 0 Å². The van der Waals surface area contributed by atoms with Crippen molar-refractivity contribution < 1.29 is 9.59 Å². The smallest absolute Gasteiger partial charge is 0.225 e. The Kier molecular flexibility index (Phi) is 9.99. The predicted molar refractivity (Wildman–Crippen MR) is 155 cm³/mol. The molecule has 0 spiro atoms. The van der Waals surface area contributed by atoms with Crippen molar-refractivity contribution in [3.8, 4) is 12.1 Å². The number of anilines is 2. The van der Waals surface area contributed by atoms with E-state index in [2.05, 4.69) is 36.6 Å². The lowest BCUT2D eigenvalue weighted by atomic mass is 9.88. The Labute approximate surface area is 234 Å². The Bertz CT molecular complexity index is 1150. The van der Waals surface area contributed by atoms with Crippen LogP contribution in [-0.2, 0) is 35.3 Å². The van der Waals surface area contributed by atoms with Crippen LogP contribution in [0.3, 0.4) is 0 Å². The highest BCUT2D eigenvalue weighted by Crippen LogP contribution is 2.40. The molecule has 2 amide bonds. The molecular formula is C30H38N4O2S2. The number of carbonyl (C=O) groups excluding carboxylic acids is 2. The molecule has 0 saturated carbocycles. The molecule has 202 valence electrons. The van der Waals surface area contributed by atoms with Crippen LogP contribution in [0.15, 0.2) is 0 Å². The molecule has 2 heterocycles. The zero-order valence-electron chi connectivity index (χ0n) is 22.6. The van der Waals surface area contributed by atoms with Gasteiger partial charge in [-0.1, -0.05) is 39.5 Å². The van der Waals surface area contributed by atoms with Gasteiger partial charge in [-0.15, -0.1) is 22.7 Å². The van der Waals surface area contributed by atoms with E-state index >= 15 is 0 Å². The second-order valence-electron chi connectivity index (χ2n) is 11.1. The van der Waals surface area contributed by atoms with Crippen molar-refractivity contribution in [2.45, 2.75) is 104 Å². The van der Waals surface area contributed by atoms with Gasteiger partial charge in [-0.05, 0) is 74.3 Å². The number of nitriles is 2. The quantitative estimate of drug-likeness (QED) is 0.283. The SMILES string of the molecule is CC1CCc2c(sc(NC(=O)CCCCCCCCC(=O)Nc3sc4c(c3C#N)CCC(C)C4)c2C#N)C1. The maximum Gasteiger partial charge on any atom is 0.225 e. The number of fused-ring (bicyclic) bond motifs is 2. The molecule has 6 nitrogen and oxygen atoms in total. The van der Waals surface area contributed by atoms with Gasteiger partial charge in [-0.25, -0.2) is 0 Å². The molecule has 0 radical (unpaired) electrons. The number of carbonyl (C=O) groups is 2. The lowest BCUT2D eigenvalue weighted by Gasteiger charge is -2.17. The van der Waals surface area contributed by atoms with Crippen molar-refractivity contribution in [2.24, 2.45) is 11.8 Å². The summed E-state index contributed by atoms with van der Waals surface area (Å²) >= 11 is 3.16. The highest BCUT2D eigenvalue weighted by Gasteiger charge is 2.25. The Hall–Kier alpha value is -2.68. The van der Waals surface area contributed by atoms with Crippen molar-refractivity contribution in [3.05, 3.63) is 32.0 Å². The Morgan fingerprint density at radius 3 is 1.53 bits per heavy atom. The second kappa shape index (κ2) is 13.4.